The van der Waals surface area contributed by atoms with Gasteiger partial charge in [0, 0.05) is 18.2 Å². The van der Waals surface area contributed by atoms with Gasteiger partial charge in [-0.2, -0.15) is 18.2 Å². The van der Waals surface area contributed by atoms with Crippen LogP contribution in [0.5, 0.6) is 0 Å². The second-order valence-electron chi connectivity index (χ2n) is 6.13. The fraction of sp³-hybridized carbons (Fsp3) is 0.353. The zero-order chi connectivity index (χ0) is 20.5. The van der Waals surface area contributed by atoms with E-state index in [1.54, 1.807) is 6.07 Å². The van der Waals surface area contributed by atoms with Gasteiger partial charge in [0.25, 0.3) is 5.91 Å². The standard InChI is InChI=1S/C17H16F3N3O5/c18-17(19,20)10-7-23(13-6-11(25)12(8-24)28-13)16(27)22-14(10)21-15(26)9-4-2-1-3-5-9/h1-5,7,11-13,24-25H,6,8H2,(H,21,22,26,27)/t11-,12+,13+/m0/s1. The van der Waals surface area contributed by atoms with E-state index in [1.807, 2.05) is 5.32 Å². The van der Waals surface area contributed by atoms with Gasteiger partial charge in [0.1, 0.15) is 17.9 Å². The van der Waals surface area contributed by atoms with Crippen LogP contribution in [0, 0.1) is 0 Å². The summed E-state index contributed by atoms with van der Waals surface area (Å²) in [5.74, 6) is -1.79. The number of rotatable bonds is 4. The van der Waals surface area contributed by atoms with Gasteiger partial charge in [-0.15, -0.1) is 0 Å². The molecule has 1 fully saturated rings. The zero-order valence-corrected chi connectivity index (χ0v) is 14.3. The van der Waals surface area contributed by atoms with Crippen LogP contribution in [0.2, 0.25) is 0 Å². The highest BCUT2D eigenvalue weighted by atomic mass is 19.4. The van der Waals surface area contributed by atoms with E-state index in [4.69, 9.17) is 9.84 Å². The molecule has 2 aromatic rings. The first-order valence-corrected chi connectivity index (χ1v) is 8.22. The molecule has 3 N–H and O–H groups in total. The van der Waals surface area contributed by atoms with Crippen molar-refractivity contribution in [2.75, 3.05) is 11.9 Å². The number of amides is 1. The highest BCUT2D eigenvalue weighted by molar-refractivity contribution is 6.04. The van der Waals surface area contributed by atoms with Gasteiger partial charge in [-0.25, -0.2) is 4.79 Å². The van der Waals surface area contributed by atoms with Crippen molar-refractivity contribution in [3.63, 3.8) is 0 Å². The second kappa shape index (κ2) is 7.70. The molecule has 3 atom stereocenters. The van der Waals surface area contributed by atoms with Crippen LogP contribution >= 0.6 is 0 Å². The quantitative estimate of drug-likeness (QED) is 0.711. The lowest BCUT2D eigenvalue weighted by Gasteiger charge is -2.18. The number of alkyl halides is 3. The van der Waals surface area contributed by atoms with Gasteiger partial charge in [-0.3, -0.25) is 9.36 Å². The molecular formula is C17H16F3N3O5. The Bertz CT molecular complexity index is 916. The van der Waals surface area contributed by atoms with Crippen molar-refractivity contribution >= 4 is 11.7 Å². The second-order valence-corrected chi connectivity index (χ2v) is 6.13. The maximum atomic E-state index is 13.5. The molecule has 0 spiro atoms. The van der Waals surface area contributed by atoms with Gasteiger partial charge in [0.2, 0.25) is 0 Å². The highest BCUT2D eigenvalue weighted by Gasteiger charge is 2.39. The summed E-state index contributed by atoms with van der Waals surface area (Å²) in [4.78, 5) is 27.7. The monoisotopic (exact) mass is 399 g/mol. The molecule has 1 aliphatic rings. The summed E-state index contributed by atoms with van der Waals surface area (Å²) in [6.07, 6.45) is -8.04. The van der Waals surface area contributed by atoms with Crippen molar-refractivity contribution in [2.24, 2.45) is 0 Å². The molecule has 3 rings (SSSR count). The maximum absolute atomic E-state index is 13.5. The number of aromatic nitrogens is 2. The van der Waals surface area contributed by atoms with E-state index in [-0.39, 0.29) is 12.0 Å². The normalized spacial score (nSPS) is 22.2. The predicted molar refractivity (Wildman–Crippen MR) is 89.5 cm³/mol. The Labute approximate surface area is 156 Å². The van der Waals surface area contributed by atoms with E-state index in [9.17, 15) is 27.9 Å². The first-order valence-electron chi connectivity index (χ1n) is 8.22. The third-order valence-corrected chi connectivity index (χ3v) is 4.22. The summed E-state index contributed by atoms with van der Waals surface area (Å²) >= 11 is 0. The number of carbonyl (C=O) groups excluding carboxylic acids is 1. The van der Waals surface area contributed by atoms with Crippen molar-refractivity contribution < 1.29 is 32.9 Å². The lowest BCUT2D eigenvalue weighted by Crippen LogP contribution is -2.31. The predicted octanol–water partition coefficient (Wildman–Crippen LogP) is 1.16. The van der Waals surface area contributed by atoms with Gasteiger partial charge >= 0.3 is 11.9 Å². The van der Waals surface area contributed by atoms with E-state index in [2.05, 4.69) is 4.98 Å². The Morgan fingerprint density at radius 2 is 2.00 bits per heavy atom. The molecule has 11 heteroatoms. The van der Waals surface area contributed by atoms with Gasteiger partial charge in [0.15, 0.2) is 5.82 Å². The molecule has 1 amide bonds. The minimum Gasteiger partial charge on any atom is -0.394 e. The van der Waals surface area contributed by atoms with Gasteiger partial charge in [-0.1, -0.05) is 18.2 Å². The number of aliphatic hydroxyl groups is 2. The minimum atomic E-state index is -4.92. The Balaban J connectivity index is 1.97. The Kier molecular flexibility index (Phi) is 5.49. The number of hydrogen-bond acceptors (Lipinski definition) is 6. The lowest BCUT2D eigenvalue weighted by atomic mass is 10.2. The summed E-state index contributed by atoms with van der Waals surface area (Å²) in [5, 5.41) is 20.8. The van der Waals surface area contributed by atoms with Crippen LogP contribution in [0.3, 0.4) is 0 Å². The Morgan fingerprint density at radius 1 is 1.32 bits per heavy atom. The number of aliphatic hydroxyl groups excluding tert-OH is 2. The highest BCUT2D eigenvalue weighted by Crippen LogP contribution is 2.35. The third kappa shape index (κ3) is 4.06. The van der Waals surface area contributed by atoms with E-state index in [1.165, 1.54) is 24.3 Å². The van der Waals surface area contributed by atoms with Crippen LogP contribution in [0.1, 0.15) is 28.6 Å². The molecular weight excluding hydrogens is 383 g/mol. The van der Waals surface area contributed by atoms with E-state index < -0.39 is 54.2 Å². The lowest BCUT2D eigenvalue weighted by molar-refractivity contribution is -0.138. The maximum Gasteiger partial charge on any atom is 0.421 e. The van der Waals surface area contributed by atoms with Crippen LogP contribution in [0.4, 0.5) is 19.0 Å². The molecule has 1 saturated heterocycles. The van der Waals surface area contributed by atoms with Crippen LogP contribution in [-0.2, 0) is 10.9 Å². The van der Waals surface area contributed by atoms with Crippen molar-refractivity contribution in [2.45, 2.75) is 31.0 Å². The van der Waals surface area contributed by atoms with Crippen LogP contribution < -0.4 is 11.0 Å². The Morgan fingerprint density at radius 3 is 2.57 bits per heavy atom. The smallest absolute Gasteiger partial charge is 0.394 e. The summed E-state index contributed by atoms with van der Waals surface area (Å²) in [6, 6.07) is 7.49. The first-order chi connectivity index (χ1) is 13.2. The number of hydrogen-bond donors (Lipinski definition) is 3. The molecule has 1 aromatic heterocycles. The molecule has 1 aromatic carbocycles. The Hall–Kier alpha value is -2.76. The van der Waals surface area contributed by atoms with Gasteiger partial charge in [0.05, 0.1) is 12.7 Å². The molecule has 0 aliphatic carbocycles. The molecule has 0 bridgehead atoms. The third-order valence-electron chi connectivity index (χ3n) is 4.22. The van der Waals surface area contributed by atoms with E-state index in [0.29, 0.717) is 10.8 Å². The largest absolute Gasteiger partial charge is 0.421 e. The number of nitrogens with one attached hydrogen (secondary N) is 1. The average Bonchev–Trinajstić information content (AvgIpc) is 3.02. The van der Waals surface area contributed by atoms with Gasteiger partial charge < -0.3 is 20.3 Å². The number of anilines is 1. The fourth-order valence-corrected chi connectivity index (χ4v) is 2.80. The van der Waals surface area contributed by atoms with Crippen molar-refractivity contribution in [3.05, 3.63) is 58.1 Å². The van der Waals surface area contributed by atoms with Crippen LogP contribution in [0.15, 0.2) is 41.3 Å². The molecule has 0 radical (unpaired) electrons. The molecule has 2 heterocycles. The average molecular weight is 399 g/mol. The number of nitrogens with zero attached hydrogens (tertiary/aromatic N) is 2. The molecule has 28 heavy (non-hydrogen) atoms. The molecule has 8 nitrogen and oxygen atoms in total. The molecule has 0 saturated carbocycles. The van der Waals surface area contributed by atoms with Crippen LogP contribution in [0.25, 0.3) is 0 Å². The summed E-state index contributed by atoms with van der Waals surface area (Å²) in [7, 11) is 0. The van der Waals surface area contributed by atoms with Gasteiger partial charge in [-0.05, 0) is 12.1 Å². The SMILES string of the molecule is O=C(Nc1nc(=O)n([C@H]2C[C@H](O)[C@@H](CO)O2)cc1C(F)(F)F)c1ccccc1. The first kappa shape index (κ1) is 20.0. The number of carbonyl (C=O) groups is 1. The summed E-state index contributed by atoms with van der Waals surface area (Å²) in [5.41, 5.74) is -2.36. The molecule has 0 unspecified atom stereocenters. The van der Waals surface area contributed by atoms with E-state index in [0.717, 1.165) is 0 Å². The molecule has 1 aliphatic heterocycles. The zero-order valence-electron chi connectivity index (χ0n) is 14.3. The number of benzene rings is 1. The van der Waals surface area contributed by atoms with Crippen LogP contribution in [-0.4, -0.2) is 44.5 Å². The fourth-order valence-electron chi connectivity index (χ4n) is 2.80. The van der Waals surface area contributed by atoms with Crippen molar-refractivity contribution in [1.29, 1.82) is 0 Å². The number of halogens is 3. The van der Waals surface area contributed by atoms with Crippen molar-refractivity contribution in [3.8, 4) is 0 Å². The van der Waals surface area contributed by atoms with Crippen molar-refractivity contribution in [1.82, 2.24) is 9.55 Å². The summed E-state index contributed by atoms with van der Waals surface area (Å²) < 4.78 is 46.2. The molecule has 150 valence electrons. The minimum absolute atomic E-state index is 0.0923. The topological polar surface area (TPSA) is 114 Å². The number of ether oxygens (including phenoxy) is 1. The van der Waals surface area contributed by atoms with E-state index >= 15 is 0 Å². The summed E-state index contributed by atoms with van der Waals surface area (Å²) in [6.45, 7) is -0.558.